The monoisotopic (exact) mass is 651 g/mol. The molecule has 1 aromatic carbocycles. The zero-order valence-electron chi connectivity index (χ0n) is 27.6. The summed E-state index contributed by atoms with van der Waals surface area (Å²) in [5.74, 6) is -6.99. The lowest BCUT2D eigenvalue weighted by Gasteiger charge is -2.53. The predicted molar refractivity (Wildman–Crippen MR) is 173 cm³/mol. The van der Waals surface area contributed by atoms with Gasteiger partial charge in [0, 0.05) is 42.7 Å². The Balaban J connectivity index is 1.38. The fraction of sp³-hybridized carbons (Fsp3) is 0.588. The van der Waals surface area contributed by atoms with Gasteiger partial charge in [-0.25, -0.2) is 0 Å². The number of fused-ring (bicyclic) bond motifs is 3. The van der Waals surface area contributed by atoms with E-state index in [1.807, 2.05) is 0 Å². The highest BCUT2D eigenvalue weighted by Gasteiger charge is 2.65. The highest BCUT2D eigenvalue weighted by atomic mass is 16.3. The van der Waals surface area contributed by atoms with Crippen LogP contribution < -0.4 is 21.3 Å². The van der Waals surface area contributed by atoms with Crippen LogP contribution >= 0.6 is 0 Å². The van der Waals surface area contributed by atoms with Gasteiger partial charge < -0.3 is 41.7 Å². The number of likely N-dealkylation sites (N-methyl/N-ethyl adjacent to an activating group) is 1. The lowest BCUT2D eigenvalue weighted by Crippen LogP contribution is -2.65. The van der Waals surface area contributed by atoms with E-state index in [-0.39, 0.29) is 42.3 Å². The number of phenols is 1. The van der Waals surface area contributed by atoms with Crippen LogP contribution in [0.15, 0.2) is 28.7 Å². The number of nitrogens with two attached hydrogens (primary N) is 1. The van der Waals surface area contributed by atoms with Crippen LogP contribution in [0, 0.1) is 16.7 Å². The van der Waals surface area contributed by atoms with E-state index >= 15 is 0 Å². The minimum Gasteiger partial charge on any atom is -0.510 e. The SMILES string of the molecule is CN(C)c1cc(NC(=O)CNC2CCC3(CCC3)C2)c(O)c2c1C[C@@]1(C)CC3[C@H](N(C)C)C(O)=C(C(N)=O)C(=O)[C@@]3(O)C(O)=C1C2=O. The number of anilines is 2. The van der Waals surface area contributed by atoms with Crippen molar-refractivity contribution in [2.24, 2.45) is 22.5 Å². The van der Waals surface area contributed by atoms with Crippen molar-refractivity contribution in [3.05, 3.63) is 39.9 Å². The molecule has 2 unspecified atom stereocenters. The number of amides is 2. The Hall–Kier alpha value is -3.94. The zero-order valence-corrected chi connectivity index (χ0v) is 27.6. The summed E-state index contributed by atoms with van der Waals surface area (Å²) in [5.41, 5.74) is 1.69. The molecule has 1 aromatic rings. The second-order valence-corrected chi connectivity index (χ2v) is 15.0. The molecular formula is C34H45N5O8. The first kappa shape index (κ1) is 33.0. The maximum absolute atomic E-state index is 14.4. The van der Waals surface area contributed by atoms with Crippen molar-refractivity contribution in [1.82, 2.24) is 10.2 Å². The highest BCUT2D eigenvalue weighted by molar-refractivity contribution is 6.25. The summed E-state index contributed by atoms with van der Waals surface area (Å²) in [4.78, 5) is 56.7. The van der Waals surface area contributed by atoms with Crippen molar-refractivity contribution >= 4 is 34.8 Å². The van der Waals surface area contributed by atoms with E-state index in [2.05, 4.69) is 10.6 Å². The molecule has 5 aliphatic rings. The second-order valence-electron chi connectivity index (χ2n) is 15.0. The largest absolute Gasteiger partial charge is 0.510 e. The number of aliphatic hydroxyl groups excluding tert-OH is 2. The maximum atomic E-state index is 14.4. The van der Waals surface area contributed by atoms with Crippen molar-refractivity contribution in [3.8, 4) is 5.75 Å². The fourth-order valence-corrected chi connectivity index (χ4v) is 9.11. The topological polar surface area (TPSA) is 206 Å². The van der Waals surface area contributed by atoms with Gasteiger partial charge in [0.2, 0.25) is 11.7 Å². The van der Waals surface area contributed by atoms with Crippen molar-refractivity contribution < 1.29 is 39.6 Å². The van der Waals surface area contributed by atoms with Crippen LogP contribution in [-0.4, -0.2) is 101 Å². The Morgan fingerprint density at radius 3 is 2.30 bits per heavy atom. The molecule has 1 spiro atoms. The van der Waals surface area contributed by atoms with Crippen molar-refractivity contribution in [2.45, 2.75) is 76.0 Å². The summed E-state index contributed by atoms with van der Waals surface area (Å²) < 4.78 is 0. The van der Waals surface area contributed by atoms with Gasteiger partial charge in [-0.05, 0) is 76.1 Å². The summed E-state index contributed by atoms with van der Waals surface area (Å²) >= 11 is 0. The minimum atomic E-state index is -2.75. The van der Waals surface area contributed by atoms with Crippen LogP contribution in [-0.2, 0) is 20.8 Å². The molecule has 13 heteroatoms. The average Bonchev–Trinajstić information content (AvgIpc) is 3.40. The number of rotatable bonds is 7. The Bertz CT molecular complexity index is 1660. The van der Waals surface area contributed by atoms with Gasteiger partial charge in [-0.1, -0.05) is 13.3 Å². The van der Waals surface area contributed by atoms with Gasteiger partial charge in [-0.2, -0.15) is 0 Å². The number of nitrogens with zero attached hydrogens (tertiary/aromatic N) is 2. The third kappa shape index (κ3) is 4.84. The molecule has 13 nitrogen and oxygen atoms in total. The first-order chi connectivity index (χ1) is 22.0. The van der Waals surface area contributed by atoms with Crippen LogP contribution in [0.4, 0.5) is 11.4 Å². The number of aromatic hydroxyl groups is 1. The number of ketones is 2. The van der Waals surface area contributed by atoms with E-state index in [1.54, 1.807) is 46.1 Å². The first-order valence-electron chi connectivity index (χ1n) is 16.2. The van der Waals surface area contributed by atoms with Gasteiger partial charge in [0.15, 0.2) is 17.1 Å². The molecule has 0 aliphatic heterocycles. The molecule has 8 N–H and O–H groups in total. The average molecular weight is 652 g/mol. The number of nitrogens with one attached hydrogen (secondary N) is 2. The van der Waals surface area contributed by atoms with Crippen LogP contribution in [0.2, 0.25) is 0 Å². The highest BCUT2D eigenvalue weighted by Crippen LogP contribution is 2.59. The summed E-state index contributed by atoms with van der Waals surface area (Å²) in [6.07, 6.45) is 7.01. The van der Waals surface area contributed by atoms with E-state index in [9.17, 15) is 39.6 Å². The normalized spacial score (nSPS) is 31.0. The lowest BCUT2D eigenvalue weighted by atomic mass is 9.53. The molecule has 2 amide bonds. The summed E-state index contributed by atoms with van der Waals surface area (Å²) in [6, 6.07) is 0.760. The Labute approximate surface area is 273 Å². The summed E-state index contributed by atoms with van der Waals surface area (Å²) in [6.45, 7) is 1.74. The molecule has 5 aliphatic carbocycles. The van der Waals surface area contributed by atoms with E-state index in [1.165, 1.54) is 24.2 Å². The van der Waals surface area contributed by atoms with Crippen molar-refractivity contribution in [3.63, 3.8) is 0 Å². The number of aliphatic hydroxyl groups is 3. The molecule has 254 valence electrons. The number of primary amides is 1. The molecule has 0 saturated heterocycles. The molecule has 0 heterocycles. The van der Waals surface area contributed by atoms with Crippen LogP contribution in [0.25, 0.3) is 0 Å². The number of carbonyl (C=O) groups is 4. The van der Waals surface area contributed by atoms with Crippen LogP contribution in [0.1, 0.15) is 67.8 Å². The quantitative estimate of drug-likeness (QED) is 0.167. The Morgan fingerprint density at radius 2 is 1.74 bits per heavy atom. The van der Waals surface area contributed by atoms with E-state index in [0.29, 0.717) is 16.7 Å². The number of allylic oxidation sites excluding steroid dienone is 1. The van der Waals surface area contributed by atoms with E-state index in [0.717, 1.165) is 19.3 Å². The van der Waals surface area contributed by atoms with E-state index in [4.69, 9.17) is 5.73 Å². The van der Waals surface area contributed by atoms with Gasteiger partial charge in [0.1, 0.15) is 17.1 Å². The third-order valence-corrected chi connectivity index (χ3v) is 11.5. The first-order valence-corrected chi connectivity index (χ1v) is 16.2. The van der Waals surface area contributed by atoms with Crippen molar-refractivity contribution in [2.75, 3.05) is 45.0 Å². The minimum absolute atomic E-state index is 0.0101. The number of benzene rings is 1. The predicted octanol–water partition coefficient (Wildman–Crippen LogP) is 1.83. The zero-order chi connectivity index (χ0) is 34.4. The molecule has 2 fully saturated rings. The van der Waals surface area contributed by atoms with Gasteiger partial charge in [-0.3, -0.25) is 24.1 Å². The smallest absolute Gasteiger partial charge is 0.255 e. The molecule has 0 radical (unpaired) electrons. The molecule has 6 rings (SSSR count). The molecule has 5 atom stereocenters. The molecular weight excluding hydrogens is 606 g/mol. The molecule has 0 bridgehead atoms. The van der Waals surface area contributed by atoms with Gasteiger partial charge >= 0.3 is 0 Å². The summed E-state index contributed by atoms with van der Waals surface area (Å²) in [7, 11) is 6.70. The Kier molecular flexibility index (Phi) is 7.76. The van der Waals surface area contributed by atoms with Crippen molar-refractivity contribution in [1.29, 1.82) is 0 Å². The number of hydrogen-bond acceptors (Lipinski definition) is 11. The van der Waals surface area contributed by atoms with Gasteiger partial charge in [0.25, 0.3) is 5.91 Å². The fourth-order valence-electron chi connectivity index (χ4n) is 9.11. The van der Waals surface area contributed by atoms with E-state index < -0.39 is 69.2 Å². The van der Waals surface area contributed by atoms with Crippen LogP contribution in [0.5, 0.6) is 5.75 Å². The molecule has 2 saturated carbocycles. The molecule has 0 aromatic heterocycles. The number of Topliss-reactive ketones (excluding diaryl/α,β-unsaturated/α-hetero) is 2. The number of phenolic OH excluding ortho intramolecular Hbond substituents is 1. The Morgan fingerprint density at radius 1 is 1.06 bits per heavy atom. The van der Waals surface area contributed by atoms with Crippen LogP contribution in [0.3, 0.4) is 0 Å². The third-order valence-electron chi connectivity index (χ3n) is 11.5. The van der Waals surface area contributed by atoms with Gasteiger partial charge in [-0.15, -0.1) is 0 Å². The number of carbonyl (C=O) groups excluding carboxylic acids is 4. The lowest BCUT2D eigenvalue weighted by molar-refractivity contribution is -0.150. The standard InChI is InChI=1S/C34H45N5O8/c1-32-13-17-20(38(2)3)11-19(37-21(40)15-36-16-7-10-33(12-16)8-6-9-33)26(41)22(17)27(42)24(32)30(45)34(47)18(14-32)25(39(4)5)28(43)23(29(34)44)31(35)46/h11,16,18,25,36,41,43,45,47H,6-10,12-15H2,1-5H3,(H2,35,46)(H,37,40)/t16?,18?,25-,32-,34+/m0/s1. The molecule has 47 heavy (non-hydrogen) atoms. The summed E-state index contributed by atoms with van der Waals surface area (Å²) in [5, 5.41) is 52.3. The second kappa shape index (κ2) is 11.1. The number of hydrogen-bond donors (Lipinski definition) is 7. The van der Waals surface area contributed by atoms with Gasteiger partial charge in [0.05, 0.1) is 23.8 Å². The maximum Gasteiger partial charge on any atom is 0.255 e.